The molecule has 1 heterocycles. The molecular formula is C49H69N5O15. The van der Waals surface area contributed by atoms with Gasteiger partial charge in [0.25, 0.3) is 0 Å². The highest BCUT2D eigenvalue weighted by Crippen LogP contribution is 2.36. The van der Waals surface area contributed by atoms with E-state index < -0.39 is 23.4 Å². The lowest BCUT2D eigenvalue weighted by Gasteiger charge is -2.19. The molecule has 3 aromatic carbocycles. The molecule has 20 heteroatoms. The molecule has 0 aliphatic heterocycles. The van der Waals surface area contributed by atoms with Gasteiger partial charge in [-0.3, -0.25) is 0 Å². The van der Waals surface area contributed by atoms with Crippen LogP contribution >= 0.6 is 0 Å². The maximum Gasteiger partial charge on any atom is 0.407 e. The SMILES string of the molecule is CCOc1ccc(-c2nc(-c3ccc(OCCOCCOCCOCCNC(=O)OC(C)(C)C)cc3O)nc(-c3ccc(OCCOCCOCCOCCNC(=O)OC(C)(C)C)cc3O)n2)cc1. The largest absolute Gasteiger partial charge is 0.507 e. The maximum atomic E-state index is 11.6. The second-order valence-electron chi connectivity index (χ2n) is 16.9. The van der Waals surface area contributed by atoms with Gasteiger partial charge in [0.2, 0.25) is 0 Å². The fourth-order valence-electron chi connectivity index (χ4n) is 5.79. The summed E-state index contributed by atoms with van der Waals surface area (Å²) in [6.07, 6.45) is -0.973. The fraction of sp³-hybridized carbons (Fsp3) is 0.531. The molecule has 0 atom stereocenters. The lowest BCUT2D eigenvalue weighted by Crippen LogP contribution is -2.34. The third kappa shape index (κ3) is 22.8. The topological polar surface area (TPSA) is 239 Å². The van der Waals surface area contributed by atoms with E-state index in [-0.39, 0.29) is 49.6 Å². The number of amides is 2. The van der Waals surface area contributed by atoms with E-state index in [0.29, 0.717) is 126 Å². The second-order valence-corrected chi connectivity index (χ2v) is 16.9. The molecule has 0 spiro atoms. The van der Waals surface area contributed by atoms with E-state index >= 15 is 0 Å². The van der Waals surface area contributed by atoms with Crippen LogP contribution in [-0.4, -0.2) is 161 Å². The number of phenolic OH excluding ortho intramolecular Hbond substituents is 2. The van der Waals surface area contributed by atoms with E-state index in [2.05, 4.69) is 15.6 Å². The number of aromatic nitrogens is 3. The van der Waals surface area contributed by atoms with Crippen LogP contribution in [0.2, 0.25) is 0 Å². The van der Waals surface area contributed by atoms with E-state index in [4.69, 9.17) is 62.1 Å². The lowest BCUT2D eigenvalue weighted by molar-refractivity contribution is 0.00901. The van der Waals surface area contributed by atoms with Gasteiger partial charge in [0.15, 0.2) is 17.5 Å². The van der Waals surface area contributed by atoms with E-state index in [0.717, 1.165) is 0 Å². The van der Waals surface area contributed by atoms with Gasteiger partial charge in [0.05, 0.1) is 97.0 Å². The van der Waals surface area contributed by atoms with Crippen LogP contribution in [0.4, 0.5) is 9.59 Å². The summed E-state index contributed by atoms with van der Waals surface area (Å²) in [6.45, 7) is 18.5. The van der Waals surface area contributed by atoms with Crippen molar-refractivity contribution >= 4 is 12.2 Å². The van der Waals surface area contributed by atoms with Crippen molar-refractivity contribution in [2.45, 2.75) is 59.7 Å². The highest BCUT2D eigenvalue weighted by atomic mass is 16.6. The minimum absolute atomic E-state index is 0.128. The summed E-state index contributed by atoms with van der Waals surface area (Å²) in [5.74, 6) is 1.89. The number of alkyl carbamates (subject to hydrolysis) is 2. The van der Waals surface area contributed by atoms with Gasteiger partial charge in [-0.2, -0.15) is 0 Å². The summed E-state index contributed by atoms with van der Waals surface area (Å²) in [5, 5.41) is 27.6. The predicted molar refractivity (Wildman–Crippen MR) is 255 cm³/mol. The molecule has 20 nitrogen and oxygen atoms in total. The Morgan fingerprint density at radius 2 is 0.812 bits per heavy atom. The minimum atomic E-state index is -0.554. The number of phenols is 2. The van der Waals surface area contributed by atoms with Crippen molar-refractivity contribution in [1.82, 2.24) is 25.6 Å². The average molecular weight is 968 g/mol. The van der Waals surface area contributed by atoms with Gasteiger partial charge in [-0.1, -0.05) is 0 Å². The Hall–Kier alpha value is -6.03. The van der Waals surface area contributed by atoms with Gasteiger partial charge in [0, 0.05) is 30.8 Å². The summed E-state index contributed by atoms with van der Waals surface area (Å²) < 4.78 is 60.7. The smallest absolute Gasteiger partial charge is 0.407 e. The molecule has 0 radical (unpaired) electrons. The van der Waals surface area contributed by atoms with Crippen LogP contribution in [0, 0.1) is 0 Å². The molecule has 1 aromatic heterocycles. The van der Waals surface area contributed by atoms with Crippen molar-refractivity contribution in [3.05, 3.63) is 60.7 Å². The standard InChI is InChI=1S/C49H69N5O15/c1-8-65-36-11-9-35(10-12-36)43-52-44(39-15-13-37(33-41(39)55)66-31-29-63-27-25-61-23-21-59-19-17-50-46(57)68-48(2,3)4)54-45(53-43)40-16-14-38(34-42(40)56)67-32-30-64-28-26-62-24-22-60-20-18-51-47(58)69-49(5,6)7/h9-16,33-34,55-56H,8,17-32H2,1-7H3,(H,50,57)(H,51,58). The van der Waals surface area contributed by atoms with E-state index in [1.165, 1.54) is 12.1 Å². The number of ether oxygens (including phenoxy) is 11. The zero-order valence-corrected chi connectivity index (χ0v) is 40.8. The van der Waals surface area contributed by atoms with Crippen LogP contribution in [0.15, 0.2) is 60.7 Å². The van der Waals surface area contributed by atoms with Crippen LogP contribution in [-0.2, 0) is 37.9 Å². The zero-order chi connectivity index (χ0) is 49.9. The highest BCUT2D eigenvalue weighted by molar-refractivity contribution is 5.73. The molecule has 0 unspecified atom stereocenters. The molecule has 4 rings (SSSR count). The van der Waals surface area contributed by atoms with Crippen LogP contribution in [0.1, 0.15) is 48.5 Å². The number of rotatable bonds is 31. The minimum Gasteiger partial charge on any atom is -0.507 e. The molecule has 4 aromatic rings. The van der Waals surface area contributed by atoms with Gasteiger partial charge in [-0.25, -0.2) is 24.5 Å². The number of benzene rings is 3. The fourth-order valence-corrected chi connectivity index (χ4v) is 5.79. The maximum absolute atomic E-state index is 11.6. The van der Waals surface area contributed by atoms with Crippen LogP contribution in [0.5, 0.6) is 28.7 Å². The van der Waals surface area contributed by atoms with Crippen molar-refractivity contribution in [2.75, 3.05) is 112 Å². The number of hydrogen-bond donors (Lipinski definition) is 4. The zero-order valence-electron chi connectivity index (χ0n) is 40.8. The molecule has 0 saturated heterocycles. The number of carbonyl (C=O) groups is 2. The highest BCUT2D eigenvalue weighted by Gasteiger charge is 2.19. The first-order valence-corrected chi connectivity index (χ1v) is 22.9. The quantitative estimate of drug-likeness (QED) is 0.0389. The number of nitrogens with zero attached hydrogens (tertiary/aromatic N) is 3. The number of aromatic hydroxyl groups is 2. The van der Waals surface area contributed by atoms with Gasteiger partial charge < -0.3 is 73.0 Å². The van der Waals surface area contributed by atoms with Crippen LogP contribution < -0.4 is 24.8 Å². The van der Waals surface area contributed by atoms with Crippen molar-refractivity contribution in [1.29, 1.82) is 0 Å². The third-order valence-corrected chi connectivity index (χ3v) is 8.79. The predicted octanol–water partition coefficient (Wildman–Crippen LogP) is 6.59. The van der Waals surface area contributed by atoms with Gasteiger partial charge in [-0.05, 0) is 97.0 Å². The molecule has 2 amide bonds. The first kappa shape index (κ1) is 55.6. The summed E-state index contributed by atoms with van der Waals surface area (Å²) in [6, 6.07) is 16.9. The molecular weight excluding hydrogens is 899 g/mol. The number of nitrogens with one attached hydrogen (secondary N) is 2. The summed E-state index contributed by atoms with van der Waals surface area (Å²) in [4.78, 5) is 37.4. The van der Waals surface area contributed by atoms with E-state index in [1.807, 2.05) is 31.2 Å². The van der Waals surface area contributed by atoms with Crippen molar-refractivity contribution in [3.8, 4) is 62.9 Å². The Morgan fingerprint density at radius 3 is 1.17 bits per heavy atom. The number of carbonyl (C=O) groups excluding carboxylic acids is 2. The molecule has 0 saturated carbocycles. The molecule has 380 valence electrons. The summed E-state index contributed by atoms with van der Waals surface area (Å²) >= 11 is 0. The molecule has 69 heavy (non-hydrogen) atoms. The lowest BCUT2D eigenvalue weighted by atomic mass is 10.1. The van der Waals surface area contributed by atoms with Gasteiger partial charge in [0.1, 0.15) is 53.2 Å². The van der Waals surface area contributed by atoms with Crippen molar-refractivity contribution in [3.63, 3.8) is 0 Å². The first-order valence-electron chi connectivity index (χ1n) is 22.9. The second kappa shape index (κ2) is 29.8. The Bertz CT molecular complexity index is 2010. The average Bonchev–Trinajstić information content (AvgIpc) is 3.28. The van der Waals surface area contributed by atoms with Crippen LogP contribution in [0.3, 0.4) is 0 Å². The summed E-state index contributed by atoms with van der Waals surface area (Å²) in [5.41, 5.74) is 0.188. The van der Waals surface area contributed by atoms with Gasteiger partial charge >= 0.3 is 12.2 Å². The monoisotopic (exact) mass is 967 g/mol. The molecule has 0 aliphatic carbocycles. The Labute approximate surface area is 404 Å². The Kier molecular flexibility index (Phi) is 24.0. The van der Waals surface area contributed by atoms with Crippen molar-refractivity contribution < 1.29 is 71.9 Å². The number of hydrogen-bond acceptors (Lipinski definition) is 18. The molecule has 0 bridgehead atoms. The molecule has 4 N–H and O–H groups in total. The van der Waals surface area contributed by atoms with E-state index in [9.17, 15) is 19.8 Å². The first-order chi connectivity index (χ1) is 33.1. The Balaban J connectivity index is 1.22. The van der Waals surface area contributed by atoms with Crippen molar-refractivity contribution in [2.24, 2.45) is 0 Å². The normalized spacial score (nSPS) is 11.5. The molecule has 0 fully saturated rings. The molecule has 0 aliphatic rings. The van der Waals surface area contributed by atoms with Gasteiger partial charge in [-0.15, -0.1) is 0 Å². The van der Waals surface area contributed by atoms with Crippen LogP contribution in [0.25, 0.3) is 34.2 Å². The summed E-state index contributed by atoms with van der Waals surface area (Å²) in [7, 11) is 0. The third-order valence-electron chi connectivity index (χ3n) is 8.79. The van der Waals surface area contributed by atoms with E-state index in [1.54, 1.807) is 65.8 Å². The Morgan fingerprint density at radius 1 is 0.464 bits per heavy atom.